The van der Waals surface area contributed by atoms with Crippen LogP contribution in [0.5, 0.6) is 0 Å². The second-order valence-electron chi connectivity index (χ2n) is 35.9. The molecule has 0 aliphatic rings. The van der Waals surface area contributed by atoms with Crippen molar-refractivity contribution in [3.63, 3.8) is 0 Å². The van der Waals surface area contributed by atoms with E-state index in [2.05, 4.69) is 452 Å². The maximum atomic E-state index is 6.45. The minimum Gasteiger partial charge on any atom is -0.456 e. The van der Waals surface area contributed by atoms with Crippen molar-refractivity contribution < 1.29 is 8.83 Å². The second-order valence-corrected chi connectivity index (χ2v) is 35.9. The first-order valence-corrected chi connectivity index (χ1v) is 46.1. The Hall–Kier alpha value is -18.0. The molecule has 8 heteroatoms. The fourth-order valence-corrected chi connectivity index (χ4v) is 23.7. The zero-order chi connectivity index (χ0) is 87.2. The third kappa shape index (κ3) is 10.1. The van der Waals surface area contributed by atoms with Gasteiger partial charge in [-0.2, -0.15) is 0 Å². The SMILES string of the molecule is c1cc(-c2cccc3c2oc2ccccc23)cc(-n2c3cccc4c5ccccc5n5c6ccccc6c6ccc2c(c43)c65)c1.c1cc(-c2cccc3oc4ccccc4c23)cc(-n2c3cccc4c5ccccc5n5c6ccccc6c6ccc2c(c43)c65)c1.c1ccc(-c2ccc(-c3cccc(-n4c5cccc6c7ccccc7n7c8ccccc8c8ccc4c(c65)c87)c3)cc2)cc1. The number of rotatable bonds is 7. The molecule has 0 amide bonds. The second kappa shape index (κ2) is 27.8. The van der Waals surface area contributed by atoms with Gasteiger partial charge in [-0.05, 0) is 182 Å². The van der Waals surface area contributed by atoms with Crippen LogP contribution < -0.4 is 0 Å². The normalized spacial score (nSPS) is 12.3. The average molecular weight is 1700 g/mol. The highest BCUT2D eigenvalue weighted by Gasteiger charge is 2.29. The van der Waals surface area contributed by atoms with E-state index in [9.17, 15) is 0 Å². The van der Waals surface area contributed by atoms with Crippen molar-refractivity contribution in [3.05, 3.63) is 449 Å². The topological polar surface area (TPSA) is 54.3 Å². The standard InChI is InChI=1S/2C42H24N2O.C42H26N2/c1-4-17-33-28(12-1)30-16-8-19-35-40(30)41-36(23-22-31-29-13-2-5-18-34(29)44(33)42(31)41)43(35)26-11-7-10-25(24-26)27-15-9-21-38-39(27)32-14-3-6-20-37(32)45-38;1-4-18-34-28(12-1)31-16-9-20-36-39(31)40-37(23-22-32-29-13-2-5-19-35(29)44(34)41(32)40)43(36)26-11-7-10-25(24-26)27-15-8-17-33-30-14-3-6-21-38(30)45-42(27)33;1-2-10-27(11-3-1)28-20-22-29(23-21-28)30-12-8-13-31(26-30)43-38-19-9-16-34-32-14-4-6-17-36(32)44-37-18-7-5-15-33(37)35-24-25-39(43)41(40(34)38)42(35)44/h2*1-24H;1-26H. The van der Waals surface area contributed by atoms with Crippen molar-refractivity contribution in [1.82, 2.24) is 26.9 Å². The molecule has 0 bridgehead atoms. The van der Waals surface area contributed by atoms with Crippen molar-refractivity contribution in [2.75, 3.05) is 0 Å². The molecule has 0 unspecified atom stereocenters. The number of hydrogen-bond acceptors (Lipinski definition) is 2. The molecule has 11 heterocycles. The molecule has 0 radical (unpaired) electrons. The first-order chi connectivity index (χ1) is 66.5. The van der Waals surface area contributed by atoms with E-state index in [1.165, 1.54) is 219 Å². The van der Waals surface area contributed by atoms with Gasteiger partial charge in [-0.1, -0.05) is 322 Å². The first-order valence-electron chi connectivity index (χ1n) is 46.1. The lowest BCUT2D eigenvalue weighted by Gasteiger charge is -2.12. The minimum absolute atomic E-state index is 0.914. The molecule has 32 aromatic rings. The quantitative estimate of drug-likeness (QED) is 0.160. The van der Waals surface area contributed by atoms with Crippen molar-refractivity contribution in [2.45, 2.75) is 0 Å². The lowest BCUT2D eigenvalue weighted by atomic mass is 9.99. The molecule has 0 saturated carbocycles. The molecule has 0 N–H and O–H groups in total. The van der Waals surface area contributed by atoms with Gasteiger partial charge in [0.1, 0.15) is 22.3 Å². The van der Waals surface area contributed by atoms with Gasteiger partial charge in [0.25, 0.3) is 0 Å². The molecule has 0 aliphatic heterocycles. The predicted octanol–water partition coefficient (Wildman–Crippen LogP) is 34.3. The van der Waals surface area contributed by atoms with Gasteiger partial charge < -0.3 is 35.7 Å². The summed E-state index contributed by atoms with van der Waals surface area (Å²) in [6.45, 7) is 0. The molecule has 11 aromatic heterocycles. The lowest BCUT2D eigenvalue weighted by Crippen LogP contribution is -1.95. The molecule has 21 aromatic carbocycles. The van der Waals surface area contributed by atoms with Crippen LogP contribution in [0.3, 0.4) is 0 Å². The summed E-state index contributed by atoms with van der Waals surface area (Å²) in [6.07, 6.45) is 0. The molecule has 0 atom stereocenters. The van der Waals surface area contributed by atoms with E-state index in [4.69, 9.17) is 8.83 Å². The van der Waals surface area contributed by atoms with Crippen molar-refractivity contribution in [2.24, 2.45) is 0 Å². The number of para-hydroxylation sites is 9. The summed E-state index contributed by atoms with van der Waals surface area (Å²) in [5.41, 5.74) is 35.2. The molecule has 0 spiro atoms. The van der Waals surface area contributed by atoms with E-state index in [1.54, 1.807) is 0 Å². The van der Waals surface area contributed by atoms with E-state index in [-0.39, 0.29) is 0 Å². The molecule has 0 saturated heterocycles. The number of aromatic nitrogens is 6. The maximum absolute atomic E-state index is 6.45. The summed E-state index contributed by atoms with van der Waals surface area (Å²) in [5.74, 6) is 0. The zero-order valence-corrected chi connectivity index (χ0v) is 72.2. The summed E-state index contributed by atoms with van der Waals surface area (Å²) in [4.78, 5) is 0. The summed E-state index contributed by atoms with van der Waals surface area (Å²) in [5, 5.41) is 27.8. The molecule has 620 valence electrons. The lowest BCUT2D eigenvalue weighted by molar-refractivity contribution is 0.669. The first kappa shape index (κ1) is 73.0. The monoisotopic (exact) mass is 1700 g/mol. The summed E-state index contributed by atoms with van der Waals surface area (Å²) < 4.78 is 27.6. The van der Waals surface area contributed by atoms with E-state index < -0.39 is 0 Å². The van der Waals surface area contributed by atoms with Gasteiger partial charge in [-0.15, -0.1) is 0 Å². The molecule has 0 fully saturated rings. The Morgan fingerprint density at radius 1 is 0.142 bits per heavy atom. The molecular weight excluding hydrogens is 1630 g/mol. The molecule has 134 heavy (non-hydrogen) atoms. The number of benzene rings is 21. The van der Waals surface area contributed by atoms with E-state index in [0.717, 1.165) is 66.4 Å². The van der Waals surface area contributed by atoms with Crippen LogP contribution in [-0.4, -0.2) is 26.9 Å². The highest BCUT2D eigenvalue weighted by molar-refractivity contribution is 6.37. The van der Waals surface area contributed by atoms with Gasteiger partial charge in [0.15, 0.2) is 0 Å². The van der Waals surface area contributed by atoms with Crippen molar-refractivity contribution in [3.8, 4) is 61.6 Å². The number of furan rings is 2. The fourth-order valence-electron chi connectivity index (χ4n) is 23.7. The highest BCUT2D eigenvalue weighted by Crippen LogP contribution is 2.52. The van der Waals surface area contributed by atoms with Crippen LogP contribution in [0.15, 0.2) is 458 Å². The van der Waals surface area contributed by atoms with Crippen LogP contribution in [0.1, 0.15) is 0 Å². The average Bonchev–Trinajstić information content (AvgIpc) is 1.53. The van der Waals surface area contributed by atoms with Crippen molar-refractivity contribution >= 4 is 224 Å². The van der Waals surface area contributed by atoms with Gasteiger partial charge >= 0.3 is 0 Å². The van der Waals surface area contributed by atoms with E-state index in [0.29, 0.717) is 0 Å². The Kier molecular flexibility index (Phi) is 15.1. The van der Waals surface area contributed by atoms with Crippen LogP contribution in [0, 0.1) is 0 Å². The summed E-state index contributed by atoms with van der Waals surface area (Å²) in [7, 11) is 0. The smallest absolute Gasteiger partial charge is 0.143 e. The third-order valence-corrected chi connectivity index (χ3v) is 29.1. The number of fused-ring (bicyclic) bond motifs is 24. The predicted molar refractivity (Wildman–Crippen MR) is 563 cm³/mol. The fraction of sp³-hybridized carbons (Fsp3) is 0. The Balaban J connectivity index is 0.0000000960. The summed E-state index contributed by atoms with van der Waals surface area (Å²) in [6, 6.07) is 163. The van der Waals surface area contributed by atoms with Gasteiger partial charge in [0.2, 0.25) is 0 Å². The van der Waals surface area contributed by atoms with E-state index >= 15 is 0 Å². The third-order valence-electron chi connectivity index (χ3n) is 29.1. The van der Waals surface area contributed by atoms with Crippen LogP contribution in [0.2, 0.25) is 0 Å². The molecule has 8 nitrogen and oxygen atoms in total. The van der Waals surface area contributed by atoms with Crippen LogP contribution in [-0.2, 0) is 0 Å². The Bertz CT molecular complexity index is 10600. The van der Waals surface area contributed by atoms with Crippen LogP contribution in [0.4, 0.5) is 0 Å². The minimum atomic E-state index is 0.914. The van der Waals surface area contributed by atoms with Crippen LogP contribution in [0.25, 0.3) is 285 Å². The Morgan fingerprint density at radius 3 is 0.873 bits per heavy atom. The van der Waals surface area contributed by atoms with Gasteiger partial charge in [0.05, 0.1) is 82.8 Å². The van der Waals surface area contributed by atoms with Crippen molar-refractivity contribution in [1.29, 1.82) is 0 Å². The Morgan fingerprint density at radius 2 is 0.425 bits per heavy atom. The molecular formula is C126H74N6O2. The Labute approximate surface area is 764 Å². The van der Waals surface area contributed by atoms with Gasteiger partial charge in [-0.3, -0.25) is 0 Å². The van der Waals surface area contributed by atoms with Gasteiger partial charge in [-0.25, -0.2) is 0 Å². The number of hydrogen-bond donors (Lipinski definition) is 0. The highest BCUT2D eigenvalue weighted by atomic mass is 16.3. The molecule has 0 aliphatic carbocycles. The molecule has 32 rings (SSSR count). The zero-order valence-electron chi connectivity index (χ0n) is 72.2. The van der Waals surface area contributed by atoms with Crippen LogP contribution >= 0.6 is 0 Å². The maximum Gasteiger partial charge on any atom is 0.143 e. The van der Waals surface area contributed by atoms with E-state index in [1.807, 2.05) is 24.3 Å². The number of nitrogens with zero attached hydrogens (tertiary/aromatic N) is 6. The van der Waals surface area contributed by atoms with Gasteiger partial charge in [0, 0.05) is 125 Å². The largest absolute Gasteiger partial charge is 0.456 e. The summed E-state index contributed by atoms with van der Waals surface area (Å²) >= 11 is 0.